The second-order valence-electron chi connectivity index (χ2n) is 4.31. The van der Waals surface area contributed by atoms with Crippen molar-refractivity contribution in [2.24, 2.45) is 0 Å². The minimum Gasteiger partial charge on any atom is -0.506 e. The van der Waals surface area contributed by atoms with Crippen molar-refractivity contribution in [2.75, 3.05) is 5.73 Å². The maximum Gasteiger partial charge on any atom is 0.346 e. The first-order valence-corrected chi connectivity index (χ1v) is 5.52. The maximum absolute atomic E-state index is 11.9. The summed E-state index contributed by atoms with van der Waals surface area (Å²) in [7, 11) is 0. The lowest BCUT2D eigenvalue weighted by molar-refractivity contribution is 0.478. The van der Waals surface area contributed by atoms with Gasteiger partial charge in [0, 0.05) is 10.8 Å². The summed E-state index contributed by atoms with van der Waals surface area (Å²) in [5.41, 5.74) is 6.84. The number of hydrogen-bond donors (Lipinski definition) is 2. The lowest BCUT2D eigenvalue weighted by atomic mass is 10.0. The summed E-state index contributed by atoms with van der Waals surface area (Å²) in [5, 5.41) is 11.3. The number of aryl methyl sites for hydroxylation is 1. The minimum absolute atomic E-state index is 0.0599. The van der Waals surface area contributed by atoms with Crippen molar-refractivity contribution in [1.82, 2.24) is 0 Å². The van der Waals surface area contributed by atoms with Gasteiger partial charge in [-0.15, -0.1) is 0 Å². The van der Waals surface area contributed by atoms with Crippen LogP contribution in [0.3, 0.4) is 0 Å². The number of benzene rings is 2. The highest BCUT2D eigenvalue weighted by molar-refractivity contribution is 6.09. The first-order valence-electron chi connectivity index (χ1n) is 5.52. The van der Waals surface area contributed by atoms with Gasteiger partial charge in [-0.25, -0.2) is 4.79 Å². The molecule has 3 aromatic rings. The average molecular weight is 241 g/mol. The number of nitrogens with two attached hydrogens (primary N) is 1. The molecule has 0 spiro atoms. The van der Waals surface area contributed by atoms with Gasteiger partial charge in [-0.1, -0.05) is 11.6 Å². The Kier molecular flexibility index (Phi) is 2.07. The number of hydrogen-bond acceptors (Lipinski definition) is 4. The number of phenols is 1. The highest BCUT2D eigenvalue weighted by atomic mass is 16.4. The van der Waals surface area contributed by atoms with Gasteiger partial charge in [-0.2, -0.15) is 0 Å². The Hall–Kier alpha value is -2.49. The molecule has 2 aromatic carbocycles. The summed E-state index contributed by atoms with van der Waals surface area (Å²) in [6.45, 7) is 1.96. The van der Waals surface area contributed by atoms with Crippen molar-refractivity contribution >= 4 is 27.4 Å². The number of anilines is 1. The molecular formula is C14H11NO3. The van der Waals surface area contributed by atoms with Gasteiger partial charge in [0.15, 0.2) is 0 Å². The summed E-state index contributed by atoms with van der Waals surface area (Å²) >= 11 is 0. The molecule has 18 heavy (non-hydrogen) atoms. The van der Waals surface area contributed by atoms with Crippen LogP contribution in [0, 0.1) is 6.92 Å². The van der Waals surface area contributed by atoms with Gasteiger partial charge in [-0.05, 0) is 31.2 Å². The number of rotatable bonds is 0. The summed E-state index contributed by atoms with van der Waals surface area (Å²) in [6.07, 6.45) is 0. The van der Waals surface area contributed by atoms with Crippen LogP contribution < -0.4 is 11.4 Å². The van der Waals surface area contributed by atoms with Crippen LogP contribution in [0.4, 0.5) is 5.69 Å². The predicted octanol–water partition coefficient (Wildman–Crippen LogP) is 2.54. The summed E-state index contributed by atoms with van der Waals surface area (Å²) in [5.74, 6) is -0.109. The molecule has 4 nitrogen and oxygen atoms in total. The summed E-state index contributed by atoms with van der Waals surface area (Å²) in [6, 6.07) is 8.73. The molecule has 0 saturated carbocycles. The molecule has 3 rings (SSSR count). The summed E-state index contributed by atoms with van der Waals surface area (Å²) < 4.78 is 5.22. The number of nitrogen functional groups attached to an aromatic ring is 1. The van der Waals surface area contributed by atoms with E-state index in [1.54, 1.807) is 12.1 Å². The lowest BCUT2D eigenvalue weighted by Gasteiger charge is -2.06. The second-order valence-corrected chi connectivity index (χ2v) is 4.31. The molecule has 0 aliphatic heterocycles. The van der Waals surface area contributed by atoms with Crippen LogP contribution in [0.5, 0.6) is 5.75 Å². The molecule has 0 saturated heterocycles. The fraction of sp³-hybridized carbons (Fsp3) is 0.0714. The highest BCUT2D eigenvalue weighted by Crippen LogP contribution is 2.31. The molecule has 0 fully saturated rings. The van der Waals surface area contributed by atoms with Gasteiger partial charge in [0.2, 0.25) is 0 Å². The van der Waals surface area contributed by atoms with Crippen molar-refractivity contribution < 1.29 is 9.52 Å². The molecule has 3 N–H and O–H groups in total. The van der Waals surface area contributed by atoms with E-state index in [1.165, 1.54) is 6.07 Å². The molecule has 0 amide bonds. The maximum atomic E-state index is 11.9. The largest absolute Gasteiger partial charge is 0.506 e. The molecule has 0 bridgehead atoms. The van der Waals surface area contributed by atoms with E-state index in [1.807, 2.05) is 19.1 Å². The van der Waals surface area contributed by atoms with Gasteiger partial charge in [0.1, 0.15) is 11.3 Å². The normalized spacial score (nSPS) is 11.2. The van der Waals surface area contributed by atoms with E-state index in [0.29, 0.717) is 11.0 Å². The second kappa shape index (κ2) is 3.50. The standard InChI is InChI=1S/C14H11NO3/c1-7-2-5-11-9(6-7)8-3-4-10(16)13(15)12(8)14(17)18-11/h2-6,16H,15H2,1H3. The molecule has 0 aliphatic carbocycles. The molecule has 0 radical (unpaired) electrons. The Morgan fingerprint density at radius 2 is 1.94 bits per heavy atom. The van der Waals surface area contributed by atoms with Gasteiger partial charge >= 0.3 is 5.63 Å². The third kappa shape index (κ3) is 1.35. The van der Waals surface area contributed by atoms with Crippen LogP contribution in [0.2, 0.25) is 0 Å². The van der Waals surface area contributed by atoms with E-state index in [2.05, 4.69) is 0 Å². The molecule has 90 valence electrons. The smallest absolute Gasteiger partial charge is 0.346 e. The zero-order chi connectivity index (χ0) is 12.9. The topological polar surface area (TPSA) is 76.5 Å². The van der Waals surface area contributed by atoms with Crippen LogP contribution in [0.15, 0.2) is 39.5 Å². The molecule has 1 heterocycles. The van der Waals surface area contributed by atoms with Crippen molar-refractivity contribution in [3.63, 3.8) is 0 Å². The zero-order valence-corrected chi connectivity index (χ0v) is 9.73. The fourth-order valence-electron chi connectivity index (χ4n) is 2.15. The third-order valence-corrected chi connectivity index (χ3v) is 3.05. The van der Waals surface area contributed by atoms with Crippen LogP contribution in [-0.2, 0) is 0 Å². The first kappa shape index (κ1) is 10.7. The fourth-order valence-corrected chi connectivity index (χ4v) is 2.15. The summed E-state index contributed by atoms with van der Waals surface area (Å²) in [4.78, 5) is 11.9. The van der Waals surface area contributed by atoms with Crippen LogP contribution >= 0.6 is 0 Å². The van der Waals surface area contributed by atoms with E-state index in [0.717, 1.165) is 10.9 Å². The van der Waals surface area contributed by atoms with Crippen molar-refractivity contribution in [1.29, 1.82) is 0 Å². The van der Waals surface area contributed by atoms with Crippen LogP contribution in [0.25, 0.3) is 21.7 Å². The quantitative estimate of drug-likeness (QED) is 0.274. The predicted molar refractivity (Wildman–Crippen MR) is 70.8 cm³/mol. The van der Waals surface area contributed by atoms with E-state index in [4.69, 9.17) is 10.2 Å². The van der Waals surface area contributed by atoms with Gasteiger partial charge in [0.05, 0.1) is 11.1 Å². The third-order valence-electron chi connectivity index (χ3n) is 3.05. The Bertz CT molecular complexity index is 834. The van der Waals surface area contributed by atoms with Crippen molar-refractivity contribution in [3.05, 3.63) is 46.3 Å². The highest BCUT2D eigenvalue weighted by Gasteiger charge is 2.12. The molecule has 1 aromatic heterocycles. The Labute approximate surface area is 102 Å². The lowest BCUT2D eigenvalue weighted by Crippen LogP contribution is -2.03. The van der Waals surface area contributed by atoms with E-state index in [9.17, 15) is 9.90 Å². The molecule has 0 unspecified atom stereocenters. The Morgan fingerprint density at radius 1 is 1.17 bits per heavy atom. The van der Waals surface area contributed by atoms with Gasteiger partial charge in [-0.3, -0.25) is 0 Å². The number of fused-ring (bicyclic) bond motifs is 3. The molecule has 4 heteroatoms. The van der Waals surface area contributed by atoms with Crippen LogP contribution in [-0.4, -0.2) is 5.11 Å². The van der Waals surface area contributed by atoms with E-state index >= 15 is 0 Å². The van der Waals surface area contributed by atoms with Gasteiger partial charge < -0.3 is 15.3 Å². The first-order chi connectivity index (χ1) is 8.58. The average Bonchev–Trinajstić information content (AvgIpc) is 2.34. The SMILES string of the molecule is Cc1ccc2oc(=O)c3c(N)c(O)ccc3c2c1. The molecular weight excluding hydrogens is 230 g/mol. The van der Waals surface area contributed by atoms with E-state index < -0.39 is 5.63 Å². The minimum atomic E-state index is -0.533. The Balaban J connectivity index is 2.66. The molecule has 0 atom stereocenters. The van der Waals surface area contributed by atoms with Crippen molar-refractivity contribution in [2.45, 2.75) is 6.92 Å². The number of aromatic hydroxyl groups is 1. The zero-order valence-electron chi connectivity index (χ0n) is 9.73. The van der Waals surface area contributed by atoms with Gasteiger partial charge in [0.25, 0.3) is 0 Å². The van der Waals surface area contributed by atoms with Crippen LogP contribution in [0.1, 0.15) is 5.56 Å². The number of phenolic OH excluding ortho intramolecular Hbond substituents is 1. The molecule has 0 aliphatic rings. The van der Waals surface area contributed by atoms with Crippen molar-refractivity contribution in [3.8, 4) is 5.75 Å². The Morgan fingerprint density at radius 3 is 2.72 bits per heavy atom. The monoisotopic (exact) mass is 241 g/mol. The van der Waals surface area contributed by atoms with E-state index in [-0.39, 0.29) is 16.8 Å².